The molecule has 1 aromatic carbocycles. The molecule has 0 saturated heterocycles. The lowest BCUT2D eigenvalue weighted by molar-refractivity contribution is 0.202. The number of anilines is 2. The number of hydrogen-bond donors (Lipinski definition) is 2. The smallest absolute Gasteiger partial charge is 0.411 e. The average molecular weight is 263 g/mol. The zero-order valence-corrected chi connectivity index (χ0v) is 10.4. The summed E-state index contributed by atoms with van der Waals surface area (Å²) in [5.74, 6) is 0. The first-order valence-electron chi connectivity index (χ1n) is 5.40. The van der Waals surface area contributed by atoms with Crippen LogP contribution in [-0.2, 0) is 6.42 Å². The molecule has 6 heteroatoms. The van der Waals surface area contributed by atoms with Crippen LogP contribution >= 0.6 is 11.3 Å². The van der Waals surface area contributed by atoms with E-state index >= 15 is 0 Å². The molecule has 94 valence electrons. The summed E-state index contributed by atoms with van der Waals surface area (Å²) in [6, 6.07) is 6.78. The predicted octanol–water partition coefficient (Wildman–Crippen LogP) is 2.45. The van der Waals surface area contributed by atoms with Gasteiger partial charge in [-0.1, -0.05) is 0 Å². The van der Waals surface area contributed by atoms with Crippen molar-refractivity contribution >= 4 is 28.8 Å². The summed E-state index contributed by atoms with van der Waals surface area (Å²) in [7, 11) is 0. The quantitative estimate of drug-likeness (QED) is 0.830. The molecule has 0 radical (unpaired) electrons. The summed E-state index contributed by atoms with van der Waals surface area (Å²) in [4.78, 5) is 16.6. The minimum atomic E-state index is -0.977. The molecule has 2 rings (SSSR count). The van der Waals surface area contributed by atoms with Crippen LogP contribution in [0.25, 0.3) is 0 Å². The number of aromatic nitrogens is 1. The van der Waals surface area contributed by atoms with Gasteiger partial charge in [0.15, 0.2) is 0 Å². The summed E-state index contributed by atoms with van der Waals surface area (Å²) in [6.07, 6.45) is -0.379. The molecule has 0 aliphatic rings. The lowest BCUT2D eigenvalue weighted by atomic mass is 10.2. The zero-order chi connectivity index (χ0) is 13.0. The normalized spacial score (nSPS) is 10.2. The van der Waals surface area contributed by atoms with Crippen molar-refractivity contribution in [3.8, 4) is 0 Å². The maximum absolute atomic E-state index is 11.2. The Labute approximate surface area is 108 Å². The Bertz CT molecular complexity index is 511. The molecule has 0 saturated carbocycles. The lowest BCUT2D eigenvalue weighted by Crippen LogP contribution is -2.31. The fourth-order valence-corrected chi connectivity index (χ4v) is 2.17. The first-order valence-corrected chi connectivity index (χ1v) is 6.34. The number of hydrogen-bond acceptors (Lipinski definition) is 4. The van der Waals surface area contributed by atoms with Crippen molar-refractivity contribution < 1.29 is 9.90 Å². The van der Waals surface area contributed by atoms with Gasteiger partial charge in [0.05, 0.1) is 11.2 Å². The third-order valence-corrected chi connectivity index (χ3v) is 3.15. The minimum Gasteiger partial charge on any atom is -0.465 e. The molecule has 0 bridgehead atoms. The van der Waals surface area contributed by atoms with E-state index in [0.717, 1.165) is 5.69 Å². The van der Waals surface area contributed by atoms with Crippen molar-refractivity contribution in [2.45, 2.75) is 6.42 Å². The summed E-state index contributed by atoms with van der Waals surface area (Å²) in [5.41, 5.74) is 9.46. The molecular weight excluding hydrogens is 250 g/mol. The van der Waals surface area contributed by atoms with Crippen LogP contribution in [0.2, 0.25) is 0 Å². The topological polar surface area (TPSA) is 79.5 Å². The molecule has 1 aromatic heterocycles. The second kappa shape index (κ2) is 5.50. The molecule has 5 nitrogen and oxygen atoms in total. The SMILES string of the molecule is Nc1ccc(N(CCc2cscn2)C(=O)O)cc1. The maximum atomic E-state index is 11.2. The van der Waals surface area contributed by atoms with E-state index in [4.69, 9.17) is 5.73 Å². The van der Waals surface area contributed by atoms with Gasteiger partial charge in [0.2, 0.25) is 0 Å². The number of nitrogens with two attached hydrogens (primary N) is 1. The van der Waals surface area contributed by atoms with E-state index in [9.17, 15) is 9.90 Å². The highest BCUT2D eigenvalue weighted by atomic mass is 32.1. The van der Waals surface area contributed by atoms with Crippen LogP contribution in [0.3, 0.4) is 0 Å². The summed E-state index contributed by atoms with van der Waals surface area (Å²) in [5, 5.41) is 11.1. The summed E-state index contributed by atoms with van der Waals surface area (Å²) >= 11 is 1.50. The zero-order valence-electron chi connectivity index (χ0n) is 9.61. The molecule has 0 atom stereocenters. The van der Waals surface area contributed by atoms with Crippen molar-refractivity contribution in [1.82, 2.24) is 4.98 Å². The van der Waals surface area contributed by atoms with Crippen LogP contribution in [0.1, 0.15) is 5.69 Å². The van der Waals surface area contributed by atoms with Gasteiger partial charge in [0, 0.05) is 29.7 Å². The number of nitrogen functional groups attached to an aromatic ring is 1. The standard InChI is InChI=1S/C12H13N3O2S/c13-9-1-3-11(4-2-9)15(12(16)17)6-5-10-7-18-8-14-10/h1-4,7-8H,5-6,13H2,(H,16,17). The number of amides is 1. The highest BCUT2D eigenvalue weighted by Crippen LogP contribution is 2.17. The van der Waals surface area contributed by atoms with Crippen molar-refractivity contribution in [3.63, 3.8) is 0 Å². The molecule has 18 heavy (non-hydrogen) atoms. The Morgan fingerprint density at radius 3 is 2.67 bits per heavy atom. The first kappa shape index (κ1) is 12.4. The number of benzene rings is 1. The third kappa shape index (κ3) is 2.98. The molecule has 0 spiro atoms. The molecule has 0 fully saturated rings. The van der Waals surface area contributed by atoms with E-state index in [0.29, 0.717) is 24.3 Å². The fourth-order valence-electron chi connectivity index (χ4n) is 1.58. The number of nitrogens with zero attached hydrogens (tertiary/aromatic N) is 2. The number of carboxylic acid groups (broad SMARTS) is 1. The van der Waals surface area contributed by atoms with Gasteiger partial charge in [0.1, 0.15) is 0 Å². The van der Waals surface area contributed by atoms with Gasteiger partial charge < -0.3 is 10.8 Å². The molecule has 1 amide bonds. The second-order valence-electron chi connectivity index (χ2n) is 3.76. The monoisotopic (exact) mass is 263 g/mol. The number of thiazole rings is 1. The van der Waals surface area contributed by atoms with E-state index in [-0.39, 0.29) is 0 Å². The fraction of sp³-hybridized carbons (Fsp3) is 0.167. The molecule has 0 unspecified atom stereocenters. The van der Waals surface area contributed by atoms with Crippen LogP contribution in [0.15, 0.2) is 35.2 Å². The molecular formula is C12H13N3O2S. The lowest BCUT2D eigenvalue weighted by Gasteiger charge is -2.18. The Kier molecular flexibility index (Phi) is 3.78. The van der Waals surface area contributed by atoms with E-state index in [1.54, 1.807) is 29.8 Å². The average Bonchev–Trinajstić information content (AvgIpc) is 2.84. The van der Waals surface area contributed by atoms with Gasteiger partial charge in [-0.05, 0) is 24.3 Å². The summed E-state index contributed by atoms with van der Waals surface area (Å²) < 4.78 is 0. The first-order chi connectivity index (χ1) is 8.66. The maximum Gasteiger partial charge on any atom is 0.411 e. The van der Waals surface area contributed by atoms with Crippen molar-refractivity contribution in [2.75, 3.05) is 17.2 Å². The van der Waals surface area contributed by atoms with Gasteiger partial charge in [0.25, 0.3) is 0 Å². The highest BCUT2D eigenvalue weighted by molar-refractivity contribution is 7.07. The van der Waals surface area contributed by atoms with Gasteiger partial charge in [-0.15, -0.1) is 11.3 Å². The van der Waals surface area contributed by atoms with Crippen LogP contribution in [-0.4, -0.2) is 22.7 Å². The minimum absolute atomic E-state index is 0.378. The van der Waals surface area contributed by atoms with E-state index in [1.165, 1.54) is 16.2 Å². The Balaban J connectivity index is 2.08. The number of carbonyl (C=O) groups is 1. The van der Waals surface area contributed by atoms with Crippen molar-refractivity contribution in [1.29, 1.82) is 0 Å². The largest absolute Gasteiger partial charge is 0.465 e. The van der Waals surface area contributed by atoms with Crippen molar-refractivity contribution in [3.05, 3.63) is 40.8 Å². The highest BCUT2D eigenvalue weighted by Gasteiger charge is 2.14. The molecule has 2 aromatic rings. The van der Waals surface area contributed by atoms with Gasteiger partial charge in [-0.25, -0.2) is 9.78 Å². The van der Waals surface area contributed by atoms with Gasteiger partial charge in [-0.2, -0.15) is 0 Å². The molecule has 1 heterocycles. The molecule has 0 aliphatic carbocycles. The van der Waals surface area contributed by atoms with Gasteiger partial charge >= 0.3 is 6.09 Å². The van der Waals surface area contributed by atoms with Crippen LogP contribution in [0.5, 0.6) is 0 Å². The van der Waals surface area contributed by atoms with Crippen molar-refractivity contribution in [2.24, 2.45) is 0 Å². The summed E-state index contributed by atoms with van der Waals surface area (Å²) in [6.45, 7) is 0.378. The number of rotatable bonds is 4. The Morgan fingerprint density at radius 1 is 1.39 bits per heavy atom. The van der Waals surface area contributed by atoms with E-state index in [2.05, 4.69) is 4.98 Å². The molecule has 3 N–H and O–H groups in total. The third-order valence-electron chi connectivity index (χ3n) is 2.51. The van der Waals surface area contributed by atoms with E-state index in [1.807, 2.05) is 5.38 Å². The second-order valence-corrected chi connectivity index (χ2v) is 4.47. The molecule has 0 aliphatic heterocycles. The Hall–Kier alpha value is -2.08. The van der Waals surface area contributed by atoms with Crippen LogP contribution < -0.4 is 10.6 Å². The van der Waals surface area contributed by atoms with Crippen LogP contribution in [0.4, 0.5) is 16.2 Å². The predicted molar refractivity (Wildman–Crippen MR) is 72.0 cm³/mol. The van der Waals surface area contributed by atoms with E-state index < -0.39 is 6.09 Å². The Morgan fingerprint density at radius 2 is 2.11 bits per heavy atom. The van der Waals surface area contributed by atoms with Gasteiger partial charge in [-0.3, -0.25) is 4.90 Å². The van der Waals surface area contributed by atoms with Crippen LogP contribution in [0, 0.1) is 0 Å².